The molecule has 1 aromatic heterocycles. The summed E-state index contributed by atoms with van der Waals surface area (Å²) in [6.07, 6.45) is 2.26. The average Bonchev–Trinajstić information content (AvgIpc) is 2.32. The van der Waals surface area contributed by atoms with Gasteiger partial charge in [-0.2, -0.15) is 0 Å². The molecule has 0 aliphatic heterocycles. The van der Waals surface area contributed by atoms with E-state index in [-0.39, 0.29) is 12.0 Å². The molecule has 1 rings (SSSR count). The molecule has 0 aromatic carbocycles. The summed E-state index contributed by atoms with van der Waals surface area (Å²) in [5.74, 6) is -1.82. The van der Waals surface area contributed by atoms with Gasteiger partial charge in [0.15, 0.2) is 0 Å². The smallest absolute Gasteiger partial charge is 0.326 e. The van der Waals surface area contributed by atoms with Crippen molar-refractivity contribution in [3.8, 4) is 0 Å². The molecule has 0 bridgehead atoms. The lowest BCUT2D eigenvalue weighted by molar-refractivity contribution is -0.139. The van der Waals surface area contributed by atoms with Crippen molar-refractivity contribution >= 4 is 11.9 Å². The van der Waals surface area contributed by atoms with Crippen molar-refractivity contribution in [1.82, 2.24) is 10.3 Å². The third-order valence-electron chi connectivity index (χ3n) is 2.86. The van der Waals surface area contributed by atoms with Crippen molar-refractivity contribution in [2.45, 2.75) is 32.7 Å². The van der Waals surface area contributed by atoms with Crippen LogP contribution >= 0.6 is 0 Å². The van der Waals surface area contributed by atoms with E-state index in [1.807, 2.05) is 0 Å². The van der Waals surface area contributed by atoms with Gasteiger partial charge in [-0.15, -0.1) is 6.58 Å². The van der Waals surface area contributed by atoms with Crippen LogP contribution in [0.4, 0.5) is 0 Å². The molecule has 1 aromatic rings. The summed E-state index contributed by atoms with van der Waals surface area (Å²) in [6.45, 7) is 6.85. The van der Waals surface area contributed by atoms with Crippen molar-refractivity contribution in [2.75, 3.05) is 0 Å². The van der Waals surface area contributed by atoms with Crippen LogP contribution in [0.3, 0.4) is 0 Å². The van der Waals surface area contributed by atoms with Crippen LogP contribution in [0.2, 0.25) is 0 Å². The zero-order valence-electron chi connectivity index (χ0n) is 11.5. The third-order valence-corrected chi connectivity index (χ3v) is 2.86. The average molecular weight is 278 g/mol. The summed E-state index contributed by atoms with van der Waals surface area (Å²) in [4.78, 5) is 37.4. The number of nitrogens with one attached hydrogen (secondary N) is 2. The Morgan fingerprint density at radius 3 is 2.65 bits per heavy atom. The number of allylic oxidation sites excluding steroid dienone is 1. The molecule has 6 nitrogen and oxygen atoms in total. The second-order valence-electron chi connectivity index (χ2n) is 4.57. The minimum Gasteiger partial charge on any atom is -0.480 e. The first kappa shape index (κ1) is 15.7. The number of rotatable bonds is 6. The van der Waals surface area contributed by atoms with Gasteiger partial charge in [-0.1, -0.05) is 6.08 Å². The molecule has 0 radical (unpaired) electrons. The Morgan fingerprint density at radius 2 is 2.15 bits per heavy atom. The second-order valence-corrected chi connectivity index (χ2v) is 4.57. The summed E-state index contributed by atoms with van der Waals surface area (Å²) in [7, 11) is 0. The van der Waals surface area contributed by atoms with E-state index in [0.717, 1.165) is 0 Å². The largest absolute Gasteiger partial charge is 0.480 e. The number of aliphatic carboxylic acids is 1. The summed E-state index contributed by atoms with van der Waals surface area (Å²) in [5.41, 5.74) is 0.579. The molecule has 1 amide bonds. The molecule has 1 heterocycles. The number of carboxylic acid groups (broad SMARTS) is 1. The fourth-order valence-electron chi connectivity index (χ4n) is 1.91. The van der Waals surface area contributed by atoms with Gasteiger partial charge in [0, 0.05) is 5.69 Å². The van der Waals surface area contributed by atoms with Crippen LogP contribution in [0, 0.1) is 13.8 Å². The predicted molar refractivity (Wildman–Crippen MR) is 74.9 cm³/mol. The van der Waals surface area contributed by atoms with Gasteiger partial charge in [0.1, 0.15) is 11.6 Å². The summed E-state index contributed by atoms with van der Waals surface area (Å²) >= 11 is 0. The van der Waals surface area contributed by atoms with Crippen LogP contribution in [0.15, 0.2) is 23.5 Å². The molecule has 0 saturated heterocycles. The van der Waals surface area contributed by atoms with Crippen molar-refractivity contribution in [2.24, 2.45) is 0 Å². The third kappa shape index (κ3) is 3.81. The number of amides is 1. The van der Waals surface area contributed by atoms with Crippen LogP contribution in [0.5, 0.6) is 0 Å². The lowest BCUT2D eigenvalue weighted by atomic mass is 10.1. The van der Waals surface area contributed by atoms with Crippen LogP contribution < -0.4 is 10.9 Å². The van der Waals surface area contributed by atoms with Gasteiger partial charge < -0.3 is 15.4 Å². The van der Waals surface area contributed by atoms with E-state index >= 15 is 0 Å². The number of carbonyl (C=O) groups is 2. The van der Waals surface area contributed by atoms with E-state index in [2.05, 4.69) is 16.9 Å². The van der Waals surface area contributed by atoms with Crippen molar-refractivity contribution < 1.29 is 14.7 Å². The molecule has 0 saturated carbocycles. The molecule has 1 atom stereocenters. The summed E-state index contributed by atoms with van der Waals surface area (Å²) in [6, 6.07) is 0.621. The molecular formula is C14H18N2O4. The Bertz CT molecular complexity index is 589. The Hall–Kier alpha value is -2.37. The number of carbonyl (C=O) groups excluding carboxylic acids is 1. The van der Waals surface area contributed by atoms with Crippen molar-refractivity contribution in [1.29, 1.82) is 0 Å². The Kier molecular flexibility index (Phi) is 5.25. The zero-order chi connectivity index (χ0) is 15.3. The molecule has 3 N–H and O–H groups in total. The van der Waals surface area contributed by atoms with Crippen molar-refractivity contribution in [3.63, 3.8) is 0 Å². The standard InChI is InChI=1S/C14H18N2O4/c1-4-5-6-10(14(19)20)16-13(18)11-8(2)7-9(3)15-12(11)17/h4,7,10H,1,5-6H2,2-3H3,(H,15,17)(H,16,18)(H,19,20). The van der Waals surface area contributed by atoms with Crippen molar-refractivity contribution in [3.05, 3.63) is 45.9 Å². The van der Waals surface area contributed by atoms with Gasteiger partial charge in [0.25, 0.3) is 11.5 Å². The number of pyridine rings is 1. The summed E-state index contributed by atoms with van der Waals surface area (Å²) in [5, 5.41) is 11.4. The first-order chi connectivity index (χ1) is 9.36. The number of H-pyrrole nitrogens is 1. The highest BCUT2D eigenvalue weighted by Gasteiger charge is 2.22. The molecule has 108 valence electrons. The molecular weight excluding hydrogens is 260 g/mol. The maximum absolute atomic E-state index is 12.1. The van der Waals surface area contributed by atoms with Gasteiger partial charge in [-0.05, 0) is 38.3 Å². The molecule has 0 spiro atoms. The van der Waals surface area contributed by atoms with Crippen LogP contribution in [-0.2, 0) is 4.79 Å². The molecule has 0 aliphatic carbocycles. The molecule has 1 unspecified atom stereocenters. The van der Waals surface area contributed by atoms with Gasteiger partial charge in [-0.25, -0.2) is 4.79 Å². The van der Waals surface area contributed by atoms with Crippen LogP contribution in [-0.4, -0.2) is 28.0 Å². The fraction of sp³-hybridized carbons (Fsp3) is 0.357. The quantitative estimate of drug-likeness (QED) is 0.679. The molecule has 0 aliphatic rings. The van der Waals surface area contributed by atoms with Gasteiger partial charge >= 0.3 is 5.97 Å². The first-order valence-electron chi connectivity index (χ1n) is 6.22. The molecule has 20 heavy (non-hydrogen) atoms. The van der Waals surface area contributed by atoms with Gasteiger partial charge in [-0.3, -0.25) is 9.59 Å². The number of carboxylic acids is 1. The summed E-state index contributed by atoms with van der Waals surface area (Å²) < 4.78 is 0. The van der Waals surface area contributed by atoms with E-state index in [0.29, 0.717) is 17.7 Å². The van der Waals surface area contributed by atoms with Gasteiger partial charge in [0.2, 0.25) is 0 Å². The van der Waals surface area contributed by atoms with E-state index < -0.39 is 23.5 Å². The Balaban J connectivity index is 2.98. The predicted octanol–water partition coefficient (Wildman–Crippen LogP) is 1.14. The molecule has 0 fully saturated rings. The number of aromatic amines is 1. The SMILES string of the molecule is C=CCCC(NC(=O)c1c(C)cc(C)[nH]c1=O)C(=O)O. The van der Waals surface area contributed by atoms with Crippen LogP contribution in [0.1, 0.15) is 34.5 Å². The monoisotopic (exact) mass is 278 g/mol. The number of hydrogen-bond donors (Lipinski definition) is 3. The number of hydrogen-bond acceptors (Lipinski definition) is 3. The normalized spacial score (nSPS) is 11.7. The minimum absolute atomic E-state index is 0.0551. The topological polar surface area (TPSA) is 99.3 Å². The second kappa shape index (κ2) is 6.70. The highest BCUT2D eigenvalue weighted by atomic mass is 16.4. The Labute approximate surface area is 116 Å². The lowest BCUT2D eigenvalue weighted by Crippen LogP contribution is -2.42. The van der Waals surface area contributed by atoms with E-state index in [4.69, 9.17) is 5.11 Å². The zero-order valence-corrected chi connectivity index (χ0v) is 11.5. The number of aromatic nitrogens is 1. The van der Waals surface area contributed by atoms with Crippen LogP contribution in [0.25, 0.3) is 0 Å². The van der Waals surface area contributed by atoms with Gasteiger partial charge in [0.05, 0.1) is 0 Å². The van der Waals surface area contributed by atoms with E-state index in [9.17, 15) is 14.4 Å². The number of aryl methyl sites for hydroxylation is 2. The Morgan fingerprint density at radius 1 is 1.50 bits per heavy atom. The molecule has 6 heteroatoms. The lowest BCUT2D eigenvalue weighted by Gasteiger charge is -2.14. The van der Waals surface area contributed by atoms with E-state index in [1.165, 1.54) is 0 Å². The minimum atomic E-state index is -1.14. The van der Waals surface area contributed by atoms with E-state index in [1.54, 1.807) is 26.0 Å². The highest BCUT2D eigenvalue weighted by molar-refractivity contribution is 5.97. The highest BCUT2D eigenvalue weighted by Crippen LogP contribution is 2.05. The maximum Gasteiger partial charge on any atom is 0.326 e. The first-order valence-corrected chi connectivity index (χ1v) is 6.22. The fourth-order valence-corrected chi connectivity index (χ4v) is 1.91. The maximum atomic E-state index is 12.1.